The van der Waals surface area contributed by atoms with Gasteiger partial charge in [0.25, 0.3) is 0 Å². The number of benzene rings is 6. The number of aromatic nitrogens is 4. The van der Waals surface area contributed by atoms with Gasteiger partial charge in [-0.15, -0.1) is 0 Å². The Morgan fingerprint density at radius 3 is 2.33 bits per heavy atom. The van der Waals surface area contributed by atoms with E-state index in [2.05, 4.69) is 168 Å². The van der Waals surface area contributed by atoms with Crippen molar-refractivity contribution in [3.63, 3.8) is 0 Å². The van der Waals surface area contributed by atoms with Gasteiger partial charge in [-0.05, 0) is 75.5 Å². The third-order valence-corrected chi connectivity index (χ3v) is 13.9. The molecule has 10 aromatic rings. The fraction of sp³-hybridized carbons (Fsp3) is 0.0370. The Kier molecular flexibility index (Phi) is 7.15. The summed E-state index contributed by atoms with van der Waals surface area (Å²) in [7, 11) is 0. The highest BCUT2D eigenvalue weighted by Gasteiger charge is 2.53. The number of fused-ring (bicyclic) bond motifs is 14. The van der Waals surface area contributed by atoms with Crippen LogP contribution in [0.2, 0.25) is 0 Å². The first-order chi connectivity index (χ1) is 29.7. The Hall–Kier alpha value is -7.41. The van der Waals surface area contributed by atoms with E-state index < -0.39 is 5.41 Å². The van der Waals surface area contributed by atoms with Gasteiger partial charge >= 0.3 is 0 Å². The average Bonchev–Trinajstić information content (AvgIpc) is 3.60. The Labute approximate surface area is 350 Å². The molecule has 6 aromatic carbocycles. The second kappa shape index (κ2) is 12.8. The van der Waals surface area contributed by atoms with Gasteiger partial charge in [0.1, 0.15) is 11.5 Å². The molecule has 0 saturated heterocycles. The number of hydrogen-bond acceptors (Lipinski definition) is 5. The van der Waals surface area contributed by atoms with Crippen molar-refractivity contribution in [1.29, 1.82) is 0 Å². The van der Waals surface area contributed by atoms with Crippen LogP contribution in [0.5, 0.6) is 11.5 Å². The topological polar surface area (TPSA) is 51.8 Å². The number of para-hydroxylation sites is 2. The fourth-order valence-electron chi connectivity index (χ4n) is 9.94. The molecular weight excluding hydrogens is 753 g/mol. The predicted molar refractivity (Wildman–Crippen MR) is 238 cm³/mol. The summed E-state index contributed by atoms with van der Waals surface area (Å²) in [6.07, 6.45) is 8.72. The first kappa shape index (κ1) is 33.6. The van der Waals surface area contributed by atoms with Crippen molar-refractivity contribution in [3.8, 4) is 50.8 Å². The second-order valence-corrected chi connectivity index (χ2v) is 16.8. The monoisotopic (exact) mass is 785 g/mol. The minimum Gasteiger partial charge on any atom is -0.455 e. The van der Waals surface area contributed by atoms with Crippen molar-refractivity contribution in [2.45, 2.75) is 21.6 Å². The van der Waals surface area contributed by atoms with Crippen LogP contribution in [0, 0.1) is 0 Å². The summed E-state index contributed by atoms with van der Waals surface area (Å²) in [4.78, 5) is 17.5. The molecule has 0 fully saturated rings. The van der Waals surface area contributed by atoms with E-state index in [1.807, 2.05) is 36.4 Å². The second-order valence-electron chi connectivity index (χ2n) is 15.8. The van der Waals surface area contributed by atoms with Crippen molar-refractivity contribution in [3.05, 3.63) is 222 Å². The zero-order chi connectivity index (χ0) is 39.4. The molecule has 1 aliphatic carbocycles. The zero-order valence-electron chi connectivity index (χ0n) is 32.2. The molecule has 2 aliphatic heterocycles. The molecule has 0 saturated carbocycles. The number of nitrogens with zero attached hydrogens (tertiary/aromatic N) is 4. The standard InChI is InChI=1S/C54H33N4OS/c1-2-11-36-29-40(23-21-33(36)10-1)58-27-9-20-48-46(58)31-38-22-24-44-52(53(38)60-48)59-47-19-4-3-17-42(47)54(44)43-18-8-26-56-50(43)51-45(54)30-39(32-57-51)35-13-5-14-37(28-35)41-16-6-12-34-15-7-25-55-49(34)41/h1-30,32H,31H2/q+1. The van der Waals surface area contributed by atoms with Crippen LogP contribution in [0.15, 0.2) is 198 Å². The summed E-state index contributed by atoms with van der Waals surface area (Å²) < 4.78 is 9.46. The maximum Gasteiger partial charge on any atom is 0.211 e. The van der Waals surface area contributed by atoms with Gasteiger partial charge < -0.3 is 4.74 Å². The van der Waals surface area contributed by atoms with Gasteiger partial charge in [0.15, 0.2) is 6.20 Å². The Morgan fingerprint density at radius 2 is 1.35 bits per heavy atom. The molecule has 0 bridgehead atoms. The summed E-state index contributed by atoms with van der Waals surface area (Å²) in [5.74, 6) is 1.75. The Bertz CT molecular complexity index is 3450. The predicted octanol–water partition coefficient (Wildman–Crippen LogP) is 12.3. The molecule has 1 atom stereocenters. The van der Waals surface area contributed by atoms with Crippen LogP contribution in [-0.2, 0) is 11.8 Å². The number of ether oxygens (including phenoxy) is 1. The van der Waals surface area contributed by atoms with Gasteiger partial charge in [-0.2, -0.15) is 4.57 Å². The normalized spacial score (nSPS) is 15.4. The summed E-state index contributed by atoms with van der Waals surface area (Å²) in [6, 6.07) is 58.7. The zero-order valence-corrected chi connectivity index (χ0v) is 33.0. The first-order valence-electron chi connectivity index (χ1n) is 20.3. The third-order valence-electron chi connectivity index (χ3n) is 12.6. The lowest BCUT2D eigenvalue weighted by Gasteiger charge is -2.40. The molecule has 5 nitrogen and oxygen atoms in total. The van der Waals surface area contributed by atoms with E-state index in [9.17, 15) is 0 Å². The molecule has 280 valence electrons. The van der Waals surface area contributed by atoms with Crippen molar-refractivity contribution in [1.82, 2.24) is 15.0 Å². The molecule has 4 aromatic heterocycles. The number of hydrogen-bond donors (Lipinski definition) is 0. The van der Waals surface area contributed by atoms with Crippen LogP contribution in [0.3, 0.4) is 0 Å². The smallest absolute Gasteiger partial charge is 0.211 e. The van der Waals surface area contributed by atoms with E-state index in [0.29, 0.717) is 0 Å². The van der Waals surface area contributed by atoms with Crippen LogP contribution in [-0.4, -0.2) is 15.0 Å². The van der Waals surface area contributed by atoms with E-state index in [4.69, 9.17) is 19.7 Å². The van der Waals surface area contributed by atoms with E-state index in [-0.39, 0.29) is 0 Å². The summed E-state index contributed by atoms with van der Waals surface area (Å²) in [6.45, 7) is 0. The minimum atomic E-state index is -0.708. The fourth-order valence-corrected chi connectivity index (χ4v) is 11.1. The maximum absolute atomic E-state index is 7.11. The lowest BCUT2D eigenvalue weighted by molar-refractivity contribution is -0.606. The highest BCUT2D eigenvalue weighted by atomic mass is 32.2. The van der Waals surface area contributed by atoms with Gasteiger partial charge in [-0.3, -0.25) is 15.0 Å². The lowest BCUT2D eigenvalue weighted by atomic mass is 9.66. The van der Waals surface area contributed by atoms with Crippen molar-refractivity contribution < 1.29 is 9.30 Å². The Morgan fingerprint density at radius 1 is 0.550 bits per heavy atom. The van der Waals surface area contributed by atoms with Crippen LogP contribution in [0.25, 0.3) is 61.0 Å². The van der Waals surface area contributed by atoms with Crippen LogP contribution in [0.4, 0.5) is 0 Å². The van der Waals surface area contributed by atoms with Crippen LogP contribution in [0.1, 0.15) is 33.5 Å². The van der Waals surface area contributed by atoms with E-state index >= 15 is 0 Å². The van der Waals surface area contributed by atoms with Crippen LogP contribution < -0.4 is 9.30 Å². The van der Waals surface area contributed by atoms with Gasteiger partial charge in [-0.25, -0.2) is 0 Å². The summed E-state index contributed by atoms with van der Waals surface area (Å²) in [5, 5.41) is 3.59. The van der Waals surface area contributed by atoms with E-state index in [0.717, 1.165) is 95.3 Å². The molecule has 60 heavy (non-hydrogen) atoms. The number of rotatable bonds is 3. The van der Waals surface area contributed by atoms with Crippen LogP contribution >= 0.6 is 11.8 Å². The molecule has 6 heteroatoms. The first-order valence-corrected chi connectivity index (χ1v) is 21.1. The molecular formula is C54H33N4OS+. The van der Waals surface area contributed by atoms with Crippen molar-refractivity contribution >= 4 is 33.4 Å². The SMILES string of the molecule is c1cc(-c2cnc3c(c2)C2(c4ccccc4Oc4c2ccc2c4Sc4ccc[n+](-c5ccc6ccccc6c5)c4C2)c2cccnc2-3)cc(-c2cccc3cccnc23)c1. The van der Waals surface area contributed by atoms with Gasteiger partial charge in [0, 0.05) is 70.0 Å². The van der Waals surface area contributed by atoms with Gasteiger partial charge in [0.05, 0.1) is 38.5 Å². The minimum absolute atomic E-state index is 0.708. The molecule has 13 rings (SSSR count). The van der Waals surface area contributed by atoms with Gasteiger partial charge in [0.2, 0.25) is 11.4 Å². The van der Waals surface area contributed by atoms with E-state index in [1.165, 1.54) is 26.9 Å². The average molecular weight is 786 g/mol. The Balaban J connectivity index is 0.989. The molecule has 1 unspecified atom stereocenters. The van der Waals surface area contributed by atoms with Gasteiger partial charge in [-0.1, -0.05) is 115 Å². The highest BCUT2D eigenvalue weighted by Crippen LogP contribution is 2.63. The maximum atomic E-state index is 7.11. The third kappa shape index (κ3) is 4.76. The lowest BCUT2D eigenvalue weighted by Crippen LogP contribution is -2.37. The molecule has 3 aliphatic rings. The van der Waals surface area contributed by atoms with Crippen molar-refractivity contribution in [2.75, 3.05) is 0 Å². The highest BCUT2D eigenvalue weighted by molar-refractivity contribution is 7.99. The quantitative estimate of drug-likeness (QED) is 0.167. The summed E-state index contributed by atoms with van der Waals surface area (Å²) >= 11 is 1.81. The van der Waals surface area contributed by atoms with Crippen molar-refractivity contribution in [2.24, 2.45) is 0 Å². The summed E-state index contributed by atoms with van der Waals surface area (Å²) in [5.41, 5.74) is 14.6. The molecule has 0 N–H and O–H groups in total. The molecule has 0 amide bonds. The molecule has 1 spiro atoms. The molecule has 6 heterocycles. The largest absolute Gasteiger partial charge is 0.455 e. The van der Waals surface area contributed by atoms with E-state index in [1.54, 1.807) is 0 Å². The molecule has 0 radical (unpaired) electrons. The number of pyridine rings is 4.